The highest BCUT2D eigenvalue weighted by Gasteiger charge is 2.38. The van der Waals surface area contributed by atoms with Gasteiger partial charge in [-0.05, 0) is 38.0 Å². The van der Waals surface area contributed by atoms with E-state index in [1.165, 1.54) is 4.90 Å². The number of carbonyl (C=O) groups excluding carboxylic acids is 4. The number of likely N-dealkylation sites (tertiary alicyclic amines) is 1. The van der Waals surface area contributed by atoms with Crippen LogP contribution in [0, 0.1) is 5.92 Å². The van der Waals surface area contributed by atoms with Crippen molar-refractivity contribution in [1.82, 2.24) is 15.5 Å². The highest BCUT2D eigenvalue weighted by Crippen LogP contribution is 2.20. The first-order valence-electron chi connectivity index (χ1n) is 12.1. The first kappa shape index (κ1) is 30.6. The van der Waals surface area contributed by atoms with Crippen LogP contribution in [0.25, 0.3) is 0 Å². The molecule has 0 spiro atoms. The lowest BCUT2D eigenvalue weighted by Gasteiger charge is -2.30. The van der Waals surface area contributed by atoms with Gasteiger partial charge in [0.05, 0.1) is 6.04 Å². The van der Waals surface area contributed by atoms with Gasteiger partial charge in [-0.15, -0.1) is 0 Å². The van der Waals surface area contributed by atoms with E-state index in [4.69, 9.17) is 22.9 Å². The summed E-state index contributed by atoms with van der Waals surface area (Å²) in [7, 11) is 0. The summed E-state index contributed by atoms with van der Waals surface area (Å²) >= 11 is 0. The van der Waals surface area contributed by atoms with E-state index in [9.17, 15) is 29.1 Å². The van der Waals surface area contributed by atoms with E-state index in [1.54, 1.807) is 6.92 Å². The molecule has 4 amide bonds. The average molecular weight is 513 g/mol. The van der Waals surface area contributed by atoms with Crippen LogP contribution in [0.1, 0.15) is 58.8 Å². The molecule has 1 aliphatic heterocycles. The van der Waals surface area contributed by atoms with Crippen molar-refractivity contribution in [3.63, 3.8) is 0 Å². The topological polar surface area (TPSA) is 249 Å². The van der Waals surface area contributed by atoms with Gasteiger partial charge >= 0.3 is 5.97 Å². The van der Waals surface area contributed by atoms with Crippen molar-refractivity contribution in [3.05, 3.63) is 0 Å². The lowest BCUT2D eigenvalue weighted by atomic mass is 9.97. The monoisotopic (exact) mass is 512 g/mol. The second-order valence-corrected chi connectivity index (χ2v) is 9.02. The predicted molar refractivity (Wildman–Crippen MR) is 132 cm³/mol. The summed E-state index contributed by atoms with van der Waals surface area (Å²) < 4.78 is 0. The Kier molecular flexibility index (Phi) is 12.6. The molecule has 5 atom stereocenters. The highest BCUT2D eigenvalue weighted by atomic mass is 16.4. The Morgan fingerprint density at radius 2 is 1.78 bits per heavy atom. The Bertz CT molecular complexity index is 831. The minimum Gasteiger partial charge on any atom is -0.480 e. The highest BCUT2D eigenvalue weighted by molar-refractivity contribution is 5.94. The summed E-state index contributed by atoms with van der Waals surface area (Å²) in [5.41, 5.74) is 21.7. The van der Waals surface area contributed by atoms with Crippen LogP contribution in [0.5, 0.6) is 0 Å². The lowest BCUT2D eigenvalue weighted by Crippen LogP contribution is -2.58. The second-order valence-electron chi connectivity index (χ2n) is 9.02. The van der Waals surface area contributed by atoms with Crippen LogP contribution in [-0.4, -0.2) is 82.8 Å². The molecule has 1 fully saturated rings. The van der Waals surface area contributed by atoms with E-state index >= 15 is 0 Å². The number of rotatable bonds is 15. The maximum absolute atomic E-state index is 13.1. The third-order valence-corrected chi connectivity index (χ3v) is 6.21. The zero-order valence-electron chi connectivity index (χ0n) is 20.9. The molecular formula is C22H40N8O6. The number of aliphatic carboxylic acids is 1. The molecule has 0 aromatic carbocycles. The van der Waals surface area contributed by atoms with Crippen LogP contribution in [0.3, 0.4) is 0 Å². The van der Waals surface area contributed by atoms with E-state index in [2.05, 4.69) is 15.6 Å². The molecule has 0 saturated carbocycles. The quantitative estimate of drug-likeness (QED) is 0.0708. The van der Waals surface area contributed by atoms with E-state index < -0.39 is 47.9 Å². The number of nitrogens with one attached hydrogen (secondary N) is 2. The van der Waals surface area contributed by atoms with Crippen LogP contribution in [0.4, 0.5) is 0 Å². The zero-order valence-corrected chi connectivity index (χ0v) is 20.9. The molecule has 14 nitrogen and oxygen atoms in total. The second kappa shape index (κ2) is 14.9. The molecule has 1 aliphatic rings. The first-order chi connectivity index (χ1) is 16.9. The van der Waals surface area contributed by atoms with Crippen LogP contribution in [0.15, 0.2) is 4.99 Å². The molecule has 0 aromatic rings. The van der Waals surface area contributed by atoms with Gasteiger partial charge in [0.15, 0.2) is 5.96 Å². The number of guanidine groups is 1. The fourth-order valence-corrected chi connectivity index (χ4v) is 3.92. The van der Waals surface area contributed by atoms with Gasteiger partial charge in [0.25, 0.3) is 0 Å². The van der Waals surface area contributed by atoms with Gasteiger partial charge < -0.3 is 43.6 Å². The number of nitrogens with two attached hydrogens (primary N) is 4. The molecule has 1 saturated heterocycles. The van der Waals surface area contributed by atoms with Crippen LogP contribution < -0.4 is 33.6 Å². The Balaban J connectivity index is 2.87. The summed E-state index contributed by atoms with van der Waals surface area (Å²) in [6, 6.07) is -4.01. The molecule has 5 unspecified atom stereocenters. The normalized spacial score (nSPS) is 18.4. The fourth-order valence-electron chi connectivity index (χ4n) is 3.92. The Hall–Kier alpha value is -3.42. The summed E-state index contributed by atoms with van der Waals surface area (Å²) in [4.78, 5) is 66.8. The fraction of sp³-hybridized carbons (Fsp3) is 0.727. The van der Waals surface area contributed by atoms with Crippen molar-refractivity contribution in [3.8, 4) is 0 Å². The Morgan fingerprint density at radius 3 is 2.33 bits per heavy atom. The minimum absolute atomic E-state index is 0.0476. The standard InChI is InChI=1S/C22H40N8O6/c1-3-12(2)17(19(33)28-14(21(35)36)8-9-16(24)31)29-18(32)15-7-5-11-30(15)20(34)13(23)6-4-10-27-22(25)26/h12-15,17H,3-11,23H2,1-2H3,(H2,24,31)(H,28,33)(H,29,32)(H,35,36)(H4,25,26,27). The van der Waals surface area contributed by atoms with E-state index in [0.29, 0.717) is 45.2 Å². The van der Waals surface area contributed by atoms with Gasteiger partial charge in [-0.2, -0.15) is 0 Å². The molecule has 0 radical (unpaired) electrons. The zero-order chi connectivity index (χ0) is 27.4. The maximum atomic E-state index is 13.1. The largest absolute Gasteiger partial charge is 0.480 e. The Morgan fingerprint density at radius 1 is 1.11 bits per heavy atom. The maximum Gasteiger partial charge on any atom is 0.326 e. The van der Waals surface area contributed by atoms with Gasteiger partial charge in [0.2, 0.25) is 23.6 Å². The van der Waals surface area contributed by atoms with Crippen molar-refractivity contribution in [1.29, 1.82) is 0 Å². The number of carbonyl (C=O) groups is 5. The molecule has 36 heavy (non-hydrogen) atoms. The van der Waals surface area contributed by atoms with Gasteiger partial charge in [0, 0.05) is 19.5 Å². The smallest absolute Gasteiger partial charge is 0.326 e. The minimum atomic E-state index is -1.34. The van der Waals surface area contributed by atoms with Crippen molar-refractivity contribution < 1.29 is 29.1 Å². The number of hydrogen-bond donors (Lipinski definition) is 7. The van der Waals surface area contributed by atoms with Crippen LogP contribution in [0.2, 0.25) is 0 Å². The number of carboxylic acid groups (broad SMARTS) is 1. The molecule has 0 bridgehead atoms. The molecule has 1 rings (SSSR count). The summed E-state index contributed by atoms with van der Waals surface area (Å²) in [5, 5.41) is 14.5. The molecular weight excluding hydrogens is 472 g/mol. The van der Waals surface area contributed by atoms with E-state index in [1.807, 2.05) is 6.92 Å². The number of aliphatic imine (C=N–C) groups is 1. The SMILES string of the molecule is CCC(C)C(NC(=O)C1CCCN1C(=O)C(N)CCCN=C(N)N)C(=O)NC(CCC(N)=O)C(=O)O. The van der Waals surface area contributed by atoms with Gasteiger partial charge in [0.1, 0.15) is 18.1 Å². The molecule has 0 aliphatic carbocycles. The van der Waals surface area contributed by atoms with Gasteiger partial charge in [-0.25, -0.2) is 4.79 Å². The van der Waals surface area contributed by atoms with E-state index in [0.717, 1.165) is 0 Å². The summed E-state index contributed by atoms with van der Waals surface area (Å²) in [6.07, 6.45) is 1.95. The average Bonchev–Trinajstić information content (AvgIpc) is 3.31. The van der Waals surface area contributed by atoms with E-state index in [-0.39, 0.29) is 30.6 Å². The van der Waals surface area contributed by atoms with Crippen LogP contribution in [-0.2, 0) is 24.0 Å². The molecule has 1 heterocycles. The van der Waals surface area contributed by atoms with Crippen molar-refractivity contribution in [2.24, 2.45) is 33.8 Å². The third-order valence-electron chi connectivity index (χ3n) is 6.21. The number of amides is 4. The number of primary amides is 1. The Labute approximate surface area is 210 Å². The summed E-state index contributed by atoms with van der Waals surface area (Å²) in [5.74, 6) is -3.97. The third kappa shape index (κ3) is 9.68. The van der Waals surface area contributed by atoms with Crippen molar-refractivity contribution in [2.75, 3.05) is 13.1 Å². The number of nitrogens with zero attached hydrogens (tertiary/aromatic N) is 2. The molecule has 14 heteroatoms. The van der Waals surface area contributed by atoms with Crippen LogP contribution >= 0.6 is 0 Å². The summed E-state index contributed by atoms with van der Waals surface area (Å²) in [6.45, 7) is 4.25. The van der Waals surface area contributed by atoms with Gasteiger partial charge in [-0.1, -0.05) is 20.3 Å². The lowest BCUT2D eigenvalue weighted by molar-refractivity contribution is -0.143. The van der Waals surface area contributed by atoms with Crippen molar-refractivity contribution >= 4 is 35.6 Å². The molecule has 0 aromatic heterocycles. The first-order valence-corrected chi connectivity index (χ1v) is 12.1. The molecule has 11 N–H and O–H groups in total. The van der Waals surface area contributed by atoms with Crippen molar-refractivity contribution in [2.45, 2.75) is 83.0 Å². The number of carboxylic acids is 1. The van der Waals surface area contributed by atoms with Gasteiger partial charge in [-0.3, -0.25) is 24.2 Å². The number of hydrogen-bond acceptors (Lipinski definition) is 7. The predicted octanol–water partition coefficient (Wildman–Crippen LogP) is -2.28. The molecule has 204 valence electrons.